The molecule has 1 aromatic heterocycles. The van der Waals surface area contributed by atoms with Crippen LogP contribution in [0.15, 0.2) is 53.7 Å². The molecule has 0 fully saturated rings. The van der Waals surface area contributed by atoms with Gasteiger partial charge in [0.15, 0.2) is 5.96 Å². The van der Waals surface area contributed by atoms with Gasteiger partial charge in [-0.15, -0.1) is 0 Å². The summed E-state index contributed by atoms with van der Waals surface area (Å²) in [6.45, 7) is 6.59. The van der Waals surface area contributed by atoms with E-state index in [0.29, 0.717) is 38.0 Å². The average molecular weight is 370 g/mol. The van der Waals surface area contributed by atoms with Crippen molar-refractivity contribution in [3.63, 3.8) is 0 Å². The molecule has 0 saturated carbocycles. The number of pyridine rings is 1. The molecule has 2 rings (SSSR count). The fourth-order valence-corrected chi connectivity index (χ4v) is 2.55. The van der Waals surface area contributed by atoms with Gasteiger partial charge in [-0.3, -0.25) is 0 Å². The van der Waals surface area contributed by atoms with Crippen molar-refractivity contribution in [3.8, 4) is 5.88 Å². The van der Waals surface area contributed by atoms with E-state index >= 15 is 0 Å². The Kier molecular flexibility index (Phi) is 9.13. The quantitative estimate of drug-likeness (QED) is 0.442. The van der Waals surface area contributed by atoms with E-state index in [1.54, 1.807) is 6.20 Å². The van der Waals surface area contributed by atoms with Gasteiger partial charge in [0.2, 0.25) is 5.88 Å². The zero-order valence-electron chi connectivity index (χ0n) is 16.2. The summed E-state index contributed by atoms with van der Waals surface area (Å²) in [5, 5.41) is 16.8. The predicted octanol–water partition coefficient (Wildman–Crippen LogP) is 3.05. The van der Waals surface area contributed by atoms with Gasteiger partial charge >= 0.3 is 0 Å². The molecule has 0 amide bonds. The Morgan fingerprint density at radius 2 is 1.96 bits per heavy atom. The number of nitrogens with zero attached hydrogens (tertiary/aromatic N) is 2. The number of guanidine groups is 1. The Hall–Kier alpha value is -2.60. The molecule has 1 atom stereocenters. The number of hydrogen-bond donors (Lipinski definition) is 3. The molecule has 27 heavy (non-hydrogen) atoms. The Balaban J connectivity index is 1.90. The second-order valence-electron chi connectivity index (χ2n) is 6.15. The number of aliphatic imine (C=N–C) groups is 1. The molecular weight excluding hydrogens is 340 g/mol. The van der Waals surface area contributed by atoms with Crippen molar-refractivity contribution in [2.24, 2.45) is 4.99 Å². The third-order valence-electron chi connectivity index (χ3n) is 3.94. The van der Waals surface area contributed by atoms with Crippen LogP contribution in [0.5, 0.6) is 5.88 Å². The summed E-state index contributed by atoms with van der Waals surface area (Å²) in [7, 11) is 0. The van der Waals surface area contributed by atoms with Crippen LogP contribution in [-0.2, 0) is 6.54 Å². The zero-order chi connectivity index (χ0) is 19.3. The lowest BCUT2D eigenvalue weighted by molar-refractivity contribution is 0.168. The number of nitrogens with one attached hydrogen (secondary N) is 2. The van der Waals surface area contributed by atoms with E-state index in [0.717, 1.165) is 24.1 Å². The van der Waals surface area contributed by atoms with E-state index in [4.69, 9.17) is 4.74 Å². The maximum Gasteiger partial charge on any atom is 0.218 e. The van der Waals surface area contributed by atoms with Gasteiger partial charge in [0.05, 0.1) is 19.3 Å². The highest BCUT2D eigenvalue weighted by Gasteiger charge is 2.08. The van der Waals surface area contributed by atoms with Crippen LogP contribution in [0, 0.1) is 0 Å². The molecular formula is C21H30N4O2. The van der Waals surface area contributed by atoms with E-state index in [-0.39, 0.29) is 0 Å². The number of aliphatic hydroxyl groups is 1. The molecule has 0 aliphatic carbocycles. The van der Waals surface area contributed by atoms with Crippen molar-refractivity contribution in [2.45, 2.75) is 39.3 Å². The maximum absolute atomic E-state index is 10.3. The van der Waals surface area contributed by atoms with Crippen molar-refractivity contribution in [1.82, 2.24) is 15.6 Å². The average Bonchev–Trinajstić information content (AvgIpc) is 2.71. The van der Waals surface area contributed by atoms with Crippen molar-refractivity contribution in [3.05, 3.63) is 59.8 Å². The first kappa shape index (κ1) is 20.7. The molecule has 1 unspecified atom stereocenters. The molecule has 0 saturated heterocycles. The number of rotatable bonds is 10. The van der Waals surface area contributed by atoms with Gasteiger partial charge in [-0.05, 0) is 31.4 Å². The first-order valence-corrected chi connectivity index (χ1v) is 9.56. The number of benzene rings is 1. The van der Waals surface area contributed by atoms with Gasteiger partial charge < -0.3 is 20.5 Å². The van der Waals surface area contributed by atoms with Crippen LogP contribution in [-0.4, -0.2) is 35.7 Å². The van der Waals surface area contributed by atoms with Crippen molar-refractivity contribution in [2.75, 3.05) is 19.7 Å². The van der Waals surface area contributed by atoms with E-state index < -0.39 is 6.10 Å². The summed E-state index contributed by atoms with van der Waals surface area (Å²) in [4.78, 5) is 8.91. The summed E-state index contributed by atoms with van der Waals surface area (Å²) < 4.78 is 5.69. The van der Waals surface area contributed by atoms with Crippen LogP contribution in [0.25, 0.3) is 0 Å². The molecule has 1 aromatic carbocycles. The lowest BCUT2D eigenvalue weighted by atomic mass is 10.1. The summed E-state index contributed by atoms with van der Waals surface area (Å²) >= 11 is 0. The molecule has 0 spiro atoms. The normalized spacial score (nSPS) is 12.5. The first-order valence-electron chi connectivity index (χ1n) is 9.56. The third-order valence-corrected chi connectivity index (χ3v) is 3.94. The van der Waals surface area contributed by atoms with Gasteiger partial charge in [0.25, 0.3) is 0 Å². The Bertz CT molecular complexity index is 692. The second kappa shape index (κ2) is 11.9. The first-order chi connectivity index (χ1) is 13.2. The molecule has 1 heterocycles. The Labute approximate surface area is 161 Å². The molecule has 6 heteroatoms. The largest absolute Gasteiger partial charge is 0.477 e. The highest BCUT2D eigenvalue weighted by molar-refractivity contribution is 5.79. The van der Waals surface area contributed by atoms with Crippen LogP contribution < -0.4 is 15.4 Å². The highest BCUT2D eigenvalue weighted by Crippen LogP contribution is 2.16. The summed E-state index contributed by atoms with van der Waals surface area (Å²) in [6.07, 6.45) is 2.78. The van der Waals surface area contributed by atoms with Crippen molar-refractivity contribution in [1.29, 1.82) is 0 Å². The third kappa shape index (κ3) is 7.27. The Morgan fingerprint density at radius 1 is 1.15 bits per heavy atom. The van der Waals surface area contributed by atoms with Crippen molar-refractivity contribution < 1.29 is 9.84 Å². The highest BCUT2D eigenvalue weighted by atomic mass is 16.5. The number of aromatic nitrogens is 1. The monoisotopic (exact) mass is 370 g/mol. The minimum Gasteiger partial charge on any atom is -0.477 e. The molecule has 0 aliphatic rings. The van der Waals surface area contributed by atoms with E-state index in [9.17, 15) is 5.11 Å². The molecule has 6 nitrogen and oxygen atoms in total. The topological polar surface area (TPSA) is 78.8 Å². The molecule has 0 radical (unpaired) electrons. The fourth-order valence-electron chi connectivity index (χ4n) is 2.55. The smallest absolute Gasteiger partial charge is 0.218 e. The van der Waals surface area contributed by atoms with Gasteiger partial charge in [0.1, 0.15) is 0 Å². The number of ether oxygens (including phenoxy) is 1. The van der Waals surface area contributed by atoms with E-state index in [1.165, 1.54) is 0 Å². The minimum atomic E-state index is -0.492. The second-order valence-corrected chi connectivity index (χ2v) is 6.15. The van der Waals surface area contributed by atoms with E-state index in [1.807, 2.05) is 49.4 Å². The van der Waals surface area contributed by atoms with Crippen LogP contribution in [0.1, 0.15) is 43.9 Å². The molecule has 3 N–H and O–H groups in total. The lowest BCUT2D eigenvalue weighted by Gasteiger charge is -2.15. The zero-order valence-corrected chi connectivity index (χ0v) is 16.2. The predicted molar refractivity (Wildman–Crippen MR) is 109 cm³/mol. The van der Waals surface area contributed by atoms with Gasteiger partial charge in [0, 0.05) is 24.8 Å². The maximum atomic E-state index is 10.3. The molecule has 2 aromatic rings. The Morgan fingerprint density at radius 3 is 2.70 bits per heavy atom. The lowest BCUT2D eigenvalue weighted by Crippen LogP contribution is -2.38. The standard InChI is InChI=1S/C21H30N4O2/c1-3-15-27-20-18(11-8-13-23-20)16-25-21(22-4-2)24-14-12-19(26)17-9-6-5-7-10-17/h5-11,13,19,26H,3-4,12,14-16H2,1-2H3,(H2,22,24,25). The molecule has 0 bridgehead atoms. The molecule has 0 aliphatic heterocycles. The summed E-state index contributed by atoms with van der Waals surface area (Å²) in [6, 6.07) is 13.5. The van der Waals surface area contributed by atoms with Crippen LogP contribution in [0.3, 0.4) is 0 Å². The van der Waals surface area contributed by atoms with Crippen molar-refractivity contribution >= 4 is 5.96 Å². The molecule has 146 valence electrons. The number of aliphatic hydroxyl groups excluding tert-OH is 1. The summed E-state index contributed by atoms with van der Waals surface area (Å²) in [5.41, 5.74) is 1.88. The minimum absolute atomic E-state index is 0.476. The SMILES string of the molecule is CCCOc1ncccc1CN=C(NCC)NCCC(O)c1ccccc1. The van der Waals surface area contributed by atoms with Gasteiger partial charge in [-0.25, -0.2) is 9.98 Å². The number of hydrogen-bond acceptors (Lipinski definition) is 4. The van der Waals surface area contributed by atoms with Crippen LogP contribution >= 0.6 is 0 Å². The van der Waals surface area contributed by atoms with Crippen LogP contribution in [0.4, 0.5) is 0 Å². The van der Waals surface area contributed by atoms with Gasteiger partial charge in [-0.1, -0.05) is 43.3 Å². The van der Waals surface area contributed by atoms with E-state index in [2.05, 4.69) is 27.5 Å². The fraction of sp³-hybridized carbons (Fsp3) is 0.429. The van der Waals surface area contributed by atoms with Gasteiger partial charge in [-0.2, -0.15) is 0 Å². The summed E-state index contributed by atoms with van der Waals surface area (Å²) in [5.74, 6) is 1.35. The van der Waals surface area contributed by atoms with Crippen LogP contribution in [0.2, 0.25) is 0 Å².